The molecular weight excluding hydrogens is 308 g/mol. The summed E-state index contributed by atoms with van der Waals surface area (Å²) in [6, 6.07) is 8.79. The number of hydrogen-bond donors (Lipinski definition) is 2. The summed E-state index contributed by atoms with van der Waals surface area (Å²) >= 11 is 0. The Bertz CT molecular complexity index is 913. The third kappa shape index (κ3) is 3.51. The molecule has 0 aliphatic rings. The Kier molecular flexibility index (Phi) is 4.69. The Morgan fingerprint density at radius 1 is 1.29 bits per heavy atom. The highest BCUT2D eigenvalue weighted by Crippen LogP contribution is 2.07. The Morgan fingerprint density at radius 3 is 2.96 bits per heavy atom. The van der Waals surface area contributed by atoms with Gasteiger partial charge >= 0.3 is 0 Å². The molecule has 3 rings (SSSR count). The molecule has 0 saturated carbocycles. The van der Waals surface area contributed by atoms with E-state index in [-0.39, 0.29) is 17.2 Å². The number of fused-ring (bicyclic) bond motifs is 1. The van der Waals surface area contributed by atoms with E-state index in [2.05, 4.69) is 20.4 Å². The van der Waals surface area contributed by atoms with Gasteiger partial charge in [-0.2, -0.15) is 0 Å². The fourth-order valence-electron chi connectivity index (χ4n) is 2.42. The number of H-pyrrole nitrogens is 1. The molecule has 7 heteroatoms. The zero-order chi connectivity index (χ0) is 16.9. The van der Waals surface area contributed by atoms with Crippen molar-refractivity contribution in [3.63, 3.8) is 0 Å². The van der Waals surface area contributed by atoms with Gasteiger partial charge in [0.05, 0.1) is 10.9 Å². The number of aryl methyl sites for hydroxylation is 1. The normalized spacial score (nSPS) is 10.9. The van der Waals surface area contributed by atoms with E-state index in [0.29, 0.717) is 35.5 Å². The second-order valence-corrected chi connectivity index (χ2v) is 5.46. The predicted molar refractivity (Wildman–Crippen MR) is 88.9 cm³/mol. The van der Waals surface area contributed by atoms with Crippen molar-refractivity contribution in [2.45, 2.75) is 26.2 Å². The maximum atomic E-state index is 12.0. The van der Waals surface area contributed by atoms with Gasteiger partial charge in [0.15, 0.2) is 5.69 Å². The van der Waals surface area contributed by atoms with Gasteiger partial charge in [-0.15, -0.1) is 0 Å². The molecule has 1 aromatic carbocycles. The van der Waals surface area contributed by atoms with Crippen molar-refractivity contribution in [1.29, 1.82) is 0 Å². The third-order valence-corrected chi connectivity index (χ3v) is 3.60. The van der Waals surface area contributed by atoms with Crippen LogP contribution in [0.4, 0.5) is 0 Å². The number of nitrogens with one attached hydrogen (secondary N) is 2. The Morgan fingerprint density at radius 2 is 2.12 bits per heavy atom. The van der Waals surface area contributed by atoms with Gasteiger partial charge in [0.1, 0.15) is 11.6 Å². The number of carbonyl (C=O) groups excluding carboxylic acids is 1. The largest absolute Gasteiger partial charge is 0.361 e. The summed E-state index contributed by atoms with van der Waals surface area (Å²) in [5.74, 6) is 0.929. The first-order chi connectivity index (χ1) is 11.7. The van der Waals surface area contributed by atoms with E-state index in [1.54, 1.807) is 24.3 Å². The van der Waals surface area contributed by atoms with Crippen molar-refractivity contribution < 1.29 is 9.32 Å². The van der Waals surface area contributed by atoms with Crippen LogP contribution in [-0.4, -0.2) is 27.6 Å². The molecule has 0 bridgehead atoms. The van der Waals surface area contributed by atoms with E-state index >= 15 is 0 Å². The van der Waals surface area contributed by atoms with Crippen molar-refractivity contribution in [2.75, 3.05) is 6.54 Å². The van der Waals surface area contributed by atoms with Crippen LogP contribution in [-0.2, 0) is 12.8 Å². The average Bonchev–Trinajstić information content (AvgIpc) is 3.04. The zero-order valence-electron chi connectivity index (χ0n) is 13.3. The van der Waals surface area contributed by atoms with Crippen LogP contribution in [0, 0.1) is 0 Å². The number of carbonyl (C=O) groups is 1. The van der Waals surface area contributed by atoms with Gasteiger partial charge in [-0.05, 0) is 18.6 Å². The Labute approximate surface area is 138 Å². The molecule has 0 aliphatic carbocycles. The number of rotatable bonds is 6. The second-order valence-electron chi connectivity index (χ2n) is 5.46. The molecule has 0 unspecified atom stereocenters. The first kappa shape index (κ1) is 15.9. The molecule has 0 saturated heterocycles. The smallest absolute Gasteiger partial charge is 0.273 e. The van der Waals surface area contributed by atoms with Gasteiger partial charge in [-0.1, -0.05) is 24.2 Å². The van der Waals surface area contributed by atoms with Crippen molar-refractivity contribution in [3.8, 4) is 0 Å². The van der Waals surface area contributed by atoms with Gasteiger partial charge < -0.3 is 14.8 Å². The highest BCUT2D eigenvalue weighted by Gasteiger charge is 2.12. The van der Waals surface area contributed by atoms with Crippen LogP contribution in [0.5, 0.6) is 0 Å². The molecule has 2 aromatic heterocycles. The lowest BCUT2D eigenvalue weighted by atomic mass is 10.2. The van der Waals surface area contributed by atoms with Crippen molar-refractivity contribution in [1.82, 2.24) is 20.4 Å². The zero-order valence-corrected chi connectivity index (χ0v) is 13.3. The number of aromatic nitrogens is 3. The average molecular weight is 326 g/mol. The topological polar surface area (TPSA) is 101 Å². The first-order valence-electron chi connectivity index (χ1n) is 7.89. The monoisotopic (exact) mass is 326 g/mol. The van der Waals surface area contributed by atoms with E-state index in [1.807, 2.05) is 13.0 Å². The van der Waals surface area contributed by atoms with Crippen LogP contribution in [0.1, 0.15) is 35.4 Å². The summed E-state index contributed by atoms with van der Waals surface area (Å²) in [7, 11) is 0. The molecule has 7 nitrogen and oxygen atoms in total. The van der Waals surface area contributed by atoms with Crippen molar-refractivity contribution in [3.05, 3.63) is 58.0 Å². The molecule has 0 atom stereocenters. The summed E-state index contributed by atoms with van der Waals surface area (Å²) < 4.78 is 5.08. The predicted octanol–water partition coefficient (Wildman–Crippen LogP) is 1.84. The number of aromatic amines is 1. The molecule has 0 fully saturated rings. The summed E-state index contributed by atoms with van der Waals surface area (Å²) in [5, 5.41) is 7.05. The van der Waals surface area contributed by atoms with Crippen LogP contribution in [0.2, 0.25) is 0 Å². The summed E-state index contributed by atoms with van der Waals surface area (Å²) in [5.41, 5.74) is 0.726. The highest BCUT2D eigenvalue weighted by molar-refractivity contribution is 5.92. The number of hydrogen-bond acceptors (Lipinski definition) is 5. The van der Waals surface area contributed by atoms with Gasteiger partial charge in [0.2, 0.25) is 0 Å². The fourth-order valence-corrected chi connectivity index (χ4v) is 2.42. The van der Waals surface area contributed by atoms with Gasteiger partial charge in [0, 0.05) is 25.5 Å². The van der Waals surface area contributed by atoms with Crippen LogP contribution in [0.25, 0.3) is 10.9 Å². The molecule has 0 spiro atoms. The van der Waals surface area contributed by atoms with E-state index in [0.717, 1.165) is 12.8 Å². The molecule has 0 radical (unpaired) electrons. The molecule has 2 heterocycles. The number of amides is 1. The Balaban J connectivity index is 1.61. The van der Waals surface area contributed by atoms with Crippen LogP contribution in [0.15, 0.2) is 39.6 Å². The SMILES string of the molecule is CCCc1cc(C(=O)NCCc2nc3ccccc3c(=O)[nH]2)no1. The maximum Gasteiger partial charge on any atom is 0.273 e. The van der Waals surface area contributed by atoms with Crippen molar-refractivity contribution in [2.24, 2.45) is 0 Å². The van der Waals surface area contributed by atoms with Gasteiger partial charge in [-0.3, -0.25) is 9.59 Å². The number of benzene rings is 1. The highest BCUT2D eigenvalue weighted by atomic mass is 16.5. The quantitative estimate of drug-likeness (QED) is 0.720. The molecule has 0 aliphatic heterocycles. The van der Waals surface area contributed by atoms with Crippen molar-refractivity contribution >= 4 is 16.8 Å². The summed E-state index contributed by atoms with van der Waals surface area (Å²) in [4.78, 5) is 31.1. The van der Waals surface area contributed by atoms with Crippen LogP contribution < -0.4 is 10.9 Å². The minimum absolute atomic E-state index is 0.178. The van der Waals surface area contributed by atoms with Gasteiger partial charge in [-0.25, -0.2) is 4.98 Å². The lowest BCUT2D eigenvalue weighted by molar-refractivity contribution is 0.0945. The lowest BCUT2D eigenvalue weighted by Crippen LogP contribution is -2.27. The van der Waals surface area contributed by atoms with E-state index in [1.165, 1.54) is 0 Å². The van der Waals surface area contributed by atoms with Crippen LogP contribution in [0.3, 0.4) is 0 Å². The standard InChI is InChI=1S/C17H18N4O3/c1-2-5-11-10-14(21-24-11)17(23)18-9-8-15-19-13-7-4-3-6-12(13)16(22)20-15/h3-4,6-7,10H,2,5,8-9H2,1H3,(H,18,23)(H,19,20,22). The summed E-state index contributed by atoms with van der Waals surface area (Å²) in [6.07, 6.45) is 2.10. The molecule has 24 heavy (non-hydrogen) atoms. The van der Waals surface area contributed by atoms with Crippen LogP contribution >= 0.6 is 0 Å². The number of nitrogens with zero attached hydrogens (tertiary/aromatic N) is 2. The minimum Gasteiger partial charge on any atom is -0.361 e. The molecule has 124 valence electrons. The summed E-state index contributed by atoms with van der Waals surface area (Å²) in [6.45, 7) is 2.37. The molecular formula is C17H18N4O3. The third-order valence-electron chi connectivity index (χ3n) is 3.60. The number of para-hydroxylation sites is 1. The van der Waals surface area contributed by atoms with E-state index < -0.39 is 0 Å². The molecule has 1 amide bonds. The minimum atomic E-state index is -0.302. The first-order valence-corrected chi connectivity index (χ1v) is 7.89. The van der Waals surface area contributed by atoms with E-state index in [9.17, 15) is 9.59 Å². The second kappa shape index (κ2) is 7.08. The van der Waals surface area contributed by atoms with Gasteiger partial charge in [0.25, 0.3) is 11.5 Å². The molecule has 2 N–H and O–H groups in total. The Hall–Kier alpha value is -2.96. The van der Waals surface area contributed by atoms with E-state index in [4.69, 9.17) is 4.52 Å². The fraction of sp³-hybridized carbons (Fsp3) is 0.294. The maximum absolute atomic E-state index is 12.0. The lowest BCUT2D eigenvalue weighted by Gasteiger charge is -2.04. The molecule has 3 aromatic rings.